The van der Waals surface area contributed by atoms with Crippen molar-refractivity contribution in [3.63, 3.8) is 0 Å². The predicted octanol–water partition coefficient (Wildman–Crippen LogP) is 5.98. The van der Waals surface area contributed by atoms with E-state index in [1.165, 1.54) is 35.6 Å². The van der Waals surface area contributed by atoms with Crippen LogP contribution in [0, 0.1) is 6.92 Å². The Labute approximate surface area is 212 Å². The number of carbonyl (C=O) groups excluding carboxylic acids is 1. The fourth-order valence-electron chi connectivity index (χ4n) is 5.64. The monoisotopic (exact) mass is 490 g/mol. The largest absolute Gasteiger partial charge is 0.494 e. The lowest BCUT2D eigenvalue weighted by molar-refractivity contribution is 0.112. The van der Waals surface area contributed by atoms with E-state index in [0.29, 0.717) is 24.5 Å². The summed E-state index contributed by atoms with van der Waals surface area (Å²) in [4.78, 5) is 26.2. The second-order valence-corrected chi connectivity index (χ2v) is 10.4. The molecule has 2 aliphatic carbocycles. The molecule has 190 valence electrons. The van der Waals surface area contributed by atoms with E-state index in [2.05, 4.69) is 17.0 Å². The highest BCUT2D eigenvalue weighted by Crippen LogP contribution is 2.47. The molecule has 0 N–H and O–H groups in total. The molecule has 2 heterocycles. The Morgan fingerprint density at radius 3 is 2.53 bits per heavy atom. The first-order valence-electron chi connectivity index (χ1n) is 13.2. The molecule has 6 heteroatoms. The number of piperidine rings is 1. The fourth-order valence-corrected chi connectivity index (χ4v) is 5.64. The van der Waals surface area contributed by atoms with Crippen LogP contribution in [0.2, 0.25) is 0 Å². The maximum atomic E-state index is 13.6. The Bertz CT molecular complexity index is 1250. The molecule has 2 fully saturated rings. The number of aryl methyl sites for hydroxylation is 1. The van der Waals surface area contributed by atoms with Gasteiger partial charge in [0.05, 0.1) is 6.61 Å². The summed E-state index contributed by atoms with van der Waals surface area (Å²) in [6, 6.07) is 6.16. The third kappa shape index (κ3) is 5.24. The fraction of sp³-hybridized carbons (Fsp3) is 0.467. The molecule has 0 spiro atoms. The van der Waals surface area contributed by atoms with E-state index in [9.17, 15) is 14.0 Å². The van der Waals surface area contributed by atoms with Gasteiger partial charge in [0.25, 0.3) is 5.56 Å². The summed E-state index contributed by atoms with van der Waals surface area (Å²) in [5.41, 5.74) is 5.09. The molecule has 1 saturated carbocycles. The number of hydrogen-bond acceptors (Lipinski definition) is 4. The van der Waals surface area contributed by atoms with Crippen LogP contribution in [0.15, 0.2) is 53.2 Å². The molecule has 0 bridgehead atoms. The molecule has 36 heavy (non-hydrogen) atoms. The van der Waals surface area contributed by atoms with Crippen LogP contribution in [-0.4, -0.2) is 35.4 Å². The van der Waals surface area contributed by atoms with Crippen LogP contribution in [0.5, 0.6) is 5.75 Å². The van der Waals surface area contributed by atoms with Crippen LogP contribution in [0.1, 0.15) is 89.5 Å². The number of ether oxygens (including phenoxy) is 1. The van der Waals surface area contributed by atoms with Gasteiger partial charge in [0, 0.05) is 55.0 Å². The topological polar surface area (TPSA) is 51.5 Å². The molecule has 2 aromatic rings. The number of allylic oxidation sites excluding steroid dienone is 4. The van der Waals surface area contributed by atoms with Gasteiger partial charge in [-0.15, -0.1) is 0 Å². The number of halogens is 1. The summed E-state index contributed by atoms with van der Waals surface area (Å²) in [5.74, 6) is 1.56. The van der Waals surface area contributed by atoms with Crippen molar-refractivity contribution in [1.29, 1.82) is 0 Å². The SMILES string of the molecule is CCOc1cc(C2C=CC(F)=CC2)c(C2CC2)cc1CN1CCC(n2cc(C)c(C=O)cc2=O)CC1. The summed E-state index contributed by atoms with van der Waals surface area (Å²) in [5, 5.41) is 0. The third-order valence-electron chi connectivity index (χ3n) is 7.83. The lowest BCUT2D eigenvalue weighted by Crippen LogP contribution is -2.37. The summed E-state index contributed by atoms with van der Waals surface area (Å²) in [6.45, 7) is 7.10. The Morgan fingerprint density at radius 2 is 1.89 bits per heavy atom. The van der Waals surface area contributed by atoms with Gasteiger partial charge in [0.1, 0.15) is 11.6 Å². The first-order chi connectivity index (χ1) is 17.5. The van der Waals surface area contributed by atoms with Crippen molar-refractivity contribution in [2.75, 3.05) is 19.7 Å². The van der Waals surface area contributed by atoms with E-state index in [-0.39, 0.29) is 23.3 Å². The normalized spacial score (nSPS) is 20.9. The maximum absolute atomic E-state index is 13.6. The number of carbonyl (C=O) groups is 1. The first kappa shape index (κ1) is 24.7. The smallest absolute Gasteiger partial charge is 0.251 e. The van der Waals surface area contributed by atoms with E-state index in [0.717, 1.165) is 50.1 Å². The van der Waals surface area contributed by atoms with Gasteiger partial charge in [0.15, 0.2) is 6.29 Å². The van der Waals surface area contributed by atoms with Gasteiger partial charge in [-0.25, -0.2) is 4.39 Å². The van der Waals surface area contributed by atoms with Crippen LogP contribution >= 0.6 is 0 Å². The zero-order valence-electron chi connectivity index (χ0n) is 21.2. The Morgan fingerprint density at radius 1 is 1.11 bits per heavy atom. The molecule has 1 aliphatic heterocycles. The van der Waals surface area contributed by atoms with Crippen molar-refractivity contribution < 1.29 is 13.9 Å². The summed E-state index contributed by atoms with van der Waals surface area (Å²) < 4.78 is 21.5. The summed E-state index contributed by atoms with van der Waals surface area (Å²) in [6.07, 6.45) is 12.7. The van der Waals surface area contributed by atoms with Crippen LogP contribution < -0.4 is 10.3 Å². The lowest BCUT2D eigenvalue weighted by Gasteiger charge is -2.33. The van der Waals surface area contributed by atoms with Crippen LogP contribution in [0.3, 0.4) is 0 Å². The van der Waals surface area contributed by atoms with E-state index < -0.39 is 0 Å². The zero-order chi connectivity index (χ0) is 25.2. The Hall–Kier alpha value is -2.99. The molecular formula is C30H35FN2O3. The first-order valence-corrected chi connectivity index (χ1v) is 13.2. The molecule has 1 saturated heterocycles. The van der Waals surface area contributed by atoms with Gasteiger partial charge < -0.3 is 9.30 Å². The number of pyridine rings is 1. The number of benzene rings is 1. The molecule has 1 atom stereocenters. The maximum Gasteiger partial charge on any atom is 0.251 e. The highest BCUT2D eigenvalue weighted by atomic mass is 19.1. The van der Waals surface area contributed by atoms with E-state index in [4.69, 9.17) is 4.74 Å². The Kier molecular flexibility index (Phi) is 7.24. The molecule has 1 aromatic heterocycles. The Balaban J connectivity index is 1.33. The number of rotatable bonds is 8. The second-order valence-electron chi connectivity index (χ2n) is 10.4. The number of hydrogen-bond donors (Lipinski definition) is 0. The quantitative estimate of drug-likeness (QED) is 0.427. The van der Waals surface area contributed by atoms with E-state index in [1.54, 1.807) is 16.7 Å². The molecule has 3 aliphatic rings. The molecule has 5 nitrogen and oxygen atoms in total. The molecular weight excluding hydrogens is 455 g/mol. The summed E-state index contributed by atoms with van der Waals surface area (Å²) >= 11 is 0. The highest BCUT2D eigenvalue weighted by Gasteiger charge is 2.30. The molecule has 5 rings (SSSR count). The van der Waals surface area contributed by atoms with Gasteiger partial charge in [-0.05, 0) is 86.8 Å². The van der Waals surface area contributed by atoms with Crippen LogP contribution in [0.25, 0.3) is 0 Å². The minimum absolute atomic E-state index is 0.101. The average molecular weight is 491 g/mol. The van der Waals surface area contributed by atoms with Crippen molar-refractivity contribution in [2.45, 2.75) is 70.4 Å². The number of aromatic nitrogens is 1. The number of aldehydes is 1. The van der Waals surface area contributed by atoms with Crippen molar-refractivity contribution in [3.05, 3.63) is 86.6 Å². The lowest BCUT2D eigenvalue weighted by atomic mass is 9.86. The van der Waals surface area contributed by atoms with Gasteiger partial charge in [0.2, 0.25) is 0 Å². The van der Waals surface area contributed by atoms with Gasteiger partial charge >= 0.3 is 0 Å². The number of nitrogens with zero attached hydrogens (tertiary/aromatic N) is 2. The van der Waals surface area contributed by atoms with E-state index >= 15 is 0 Å². The minimum Gasteiger partial charge on any atom is -0.494 e. The zero-order valence-corrected chi connectivity index (χ0v) is 21.2. The van der Waals surface area contributed by atoms with Crippen LogP contribution in [0.4, 0.5) is 4.39 Å². The predicted molar refractivity (Wildman–Crippen MR) is 140 cm³/mol. The third-order valence-corrected chi connectivity index (χ3v) is 7.83. The minimum atomic E-state index is -0.151. The van der Waals surface area contributed by atoms with Crippen molar-refractivity contribution in [1.82, 2.24) is 9.47 Å². The number of likely N-dealkylation sites (tertiary alicyclic amines) is 1. The summed E-state index contributed by atoms with van der Waals surface area (Å²) in [7, 11) is 0. The second kappa shape index (κ2) is 10.6. The van der Waals surface area contributed by atoms with Crippen molar-refractivity contribution >= 4 is 6.29 Å². The molecule has 0 radical (unpaired) electrons. The highest BCUT2D eigenvalue weighted by molar-refractivity contribution is 5.76. The van der Waals surface area contributed by atoms with Crippen LogP contribution in [-0.2, 0) is 6.54 Å². The standard InChI is InChI=1S/C30H35FN2O3/c1-3-36-29-16-28(22-6-8-25(31)9-7-22)27(21-4-5-21)14-23(29)18-32-12-10-26(11-13-32)33-17-20(2)24(19-34)15-30(33)35/h6,8-9,14-17,19,21-22,26H,3-5,7,10-13,18H2,1-2H3. The molecule has 1 aromatic carbocycles. The average Bonchev–Trinajstić information content (AvgIpc) is 3.73. The van der Waals surface area contributed by atoms with Crippen molar-refractivity contribution in [3.8, 4) is 5.75 Å². The molecule has 0 amide bonds. The molecule has 1 unspecified atom stereocenters. The van der Waals surface area contributed by atoms with Gasteiger partial charge in [-0.3, -0.25) is 14.5 Å². The van der Waals surface area contributed by atoms with Gasteiger partial charge in [-0.2, -0.15) is 0 Å². The van der Waals surface area contributed by atoms with Gasteiger partial charge in [-0.1, -0.05) is 12.1 Å². The van der Waals surface area contributed by atoms with Crippen molar-refractivity contribution in [2.24, 2.45) is 0 Å². The van der Waals surface area contributed by atoms with E-state index in [1.807, 2.05) is 26.1 Å².